The van der Waals surface area contributed by atoms with Gasteiger partial charge in [0.05, 0.1) is 44.2 Å². The summed E-state index contributed by atoms with van der Waals surface area (Å²) >= 11 is 0. The second-order valence-electron chi connectivity index (χ2n) is 7.23. The Morgan fingerprint density at radius 2 is 0.957 bits per heavy atom. The van der Waals surface area contributed by atoms with E-state index in [0.717, 1.165) is 13.0 Å². The van der Waals surface area contributed by atoms with Crippen LogP contribution in [-0.4, -0.2) is 50.8 Å². The van der Waals surface area contributed by atoms with Crippen LogP contribution in [0.15, 0.2) is 0 Å². The molecule has 0 aliphatic heterocycles. The maximum atomic E-state index is 5.79. The molecule has 0 spiro atoms. The lowest BCUT2D eigenvalue weighted by Crippen LogP contribution is -2.28. The van der Waals surface area contributed by atoms with Crippen LogP contribution in [-0.2, 0) is 18.9 Å². The van der Waals surface area contributed by atoms with Crippen molar-refractivity contribution in [2.24, 2.45) is 11.8 Å². The number of ether oxygens (including phenoxy) is 4. The summed E-state index contributed by atoms with van der Waals surface area (Å²) in [5.74, 6) is 1.13. The van der Waals surface area contributed by atoms with E-state index in [9.17, 15) is 0 Å². The fraction of sp³-hybridized carbons (Fsp3) is 1.00. The Bertz CT molecular complexity index is 270. The normalized spacial score (nSPS) is 18.7. The average molecular weight is 333 g/mol. The van der Waals surface area contributed by atoms with E-state index in [0.29, 0.717) is 31.7 Å². The Hall–Kier alpha value is -0.160. The smallest absolute Gasteiger partial charge is 0.0781 e. The van der Waals surface area contributed by atoms with Crippen molar-refractivity contribution >= 4 is 0 Å². The third-order valence-electron chi connectivity index (χ3n) is 4.13. The molecular formula is C19H40O4. The Morgan fingerprint density at radius 1 is 0.565 bits per heavy atom. The molecule has 0 aromatic rings. The maximum Gasteiger partial charge on any atom is 0.0781 e. The van der Waals surface area contributed by atoms with E-state index in [2.05, 4.69) is 41.5 Å². The number of hydrogen-bond donors (Lipinski definition) is 0. The van der Waals surface area contributed by atoms with Crippen molar-refractivity contribution in [3.8, 4) is 0 Å². The van der Waals surface area contributed by atoms with Gasteiger partial charge in [-0.25, -0.2) is 0 Å². The van der Waals surface area contributed by atoms with Crippen LogP contribution in [0.2, 0.25) is 0 Å². The first kappa shape index (κ1) is 22.8. The summed E-state index contributed by atoms with van der Waals surface area (Å²) in [6, 6.07) is 0. The zero-order valence-electron chi connectivity index (χ0n) is 16.6. The van der Waals surface area contributed by atoms with Crippen molar-refractivity contribution in [2.75, 3.05) is 26.4 Å². The van der Waals surface area contributed by atoms with Gasteiger partial charge in [0, 0.05) is 6.61 Å². The van der Waals surface area contributed by atoms with Crippen LogP contribution in [0.25, 0.3) is 0 Å². The highest BCUT2D eigenvalue weighted by atomic mass is 16.6. The minimum atomic E-state index is 0.0645. The van der Waals surface area contributed by atoms with E-state index < -0.39 is 0 Å². The molecule has 0 radical (unpaired) electrons. The Balaban J connectivity index is 3.71. The fourth-order valence-electron chi connectivity index (χ4n) is 1.67. The molecular weight excluding hydrogens is 292 g/mol. The largest absolute Gasteiger partial charge is 0.376 e. The van der Waals surface area contributed by atoms with Crippen LogP contribution < -0.4 is 0 Å². The van der Waals surface area contributed by atoms with Gasteiger partial charge in [-0.05, 0) is 39.5 Å². The third kappa shape index (κ3) is 12.9. The molecule has 0 saturated carbocycles. The van der Waals surface area contributed by atoms with Gasteiger partial charge in [-0.2, -0.15) is 0 Å². The van der Waals surface area contributed by atoms with E-state index in [4.69, 9.17) is 18.9 Å². The second-order valence-corrected chi connectivity index (χ2v) is 7.23. The van der Waals surface area contributed by atoms with Crippen molar-refractivity contribution < 1.29 is 18.9 Å². The van der Waals surface area contributed by atoms with Gasteiger partial charge < -0.3 is 18.9 Å². The molecule has 0 fully saturated rings. The average Bonchev–Trinajstić information content (AvgIpc) is 2.53. The molecule has 4 heteroatoms. The minimum absolute atomic E-state index is 0.0645. The van der Waals surface area contributed by atoms with Crippen molar-refractivity contribution in [3.05, 3.63) is 0 Å². The molecule has 0 aromatic heterocycles. The van der Waals surface area contributed by atoms with E-state index in [1.807, 2.05) is 13.8 Å². The van der Waals surface area contributed by atoms with Crippen LogP contribution in [0.3, 0.4) is 0 Å². The predicted octanol–water partition coefficient (Wildman–Crippen LogP) is 4.31. The van der Waals surface area contributed by atoms with Crippen molar-refractivity contribution in [3.63, 3.8) is 0 Å². The monoisotopic (exact) mass is 332 g/mol. The first-order valence-electron chi connectivity index (χ1n) is 9.22. The quantitative estimate of drug-likeness (QED) is 0.475. The van der Waals surface area contributed by atoms with Crippen LogP contribution in [0.1, 0.15) is 61.8 Å². The lowest BCUT2D eigenvalue weighted by Gasteiger charge is -2.22. The molecule has 4 nitrogen and oxygen atoms in total. The molecule has 0 rings (SSSR count). The Morgan fingerprint density at radius 3 is 1.35 bits per heavy atom. The third-order valence-corrected chi connectivity index (χ3v) is 4.13. The van der Waals surface area contributed by atoms with Crippen molar-refractivity contribution in [1.82, 2.24) is 0 Å². The molecule has 0 bridgehead atoms. The second kappa shape index (κ2) is 13.2. The van der Waals surface area contributed by atoms with E-state index in [-0.39, 0.29) is 24.4 Å². The summed E-state index contributed by atoms with van der Waals surface area (Å²) < 4.78 is 23.1. The highest BCUT2D eigenvalue weighted by Gasteiger charge is 2.13. The van der Waals surface area contributed by atoms with Crippen LogP contribution in [0, 0.1) is 11.8 Å². The van der Waals surface area contributed by atoms with E-state index in [1.165, 1.54) is 0 Å². The molecule has 23 heavy (non-hydrogen) atoms. The van der Waals surface area contributed by atoms with Gasteiger partial charge in [0.25, 0.3) is 0 Å². The topological polar surface area (TPSA) is 36.9 Å². The Labute approximate surface area is 144 Å². The molecule has 140 valence electrons. The minimum Gasteiger partial charge on any atom is -0.376 e. The van der Waals surface area contributed by atoms with Crippen molar-refractivity contribution in [2.45, 2.75) is 86.2 Å². The molecule has 0 saturated heterocycles. The highest BCUT2D eigenvalue weighted by molar-refractivity contribution is 4.59. The summed E-state index contributed by atoms with van der Waals surface area (Å²) in [4.78, 5) is 0. The number of rotatable bonds is 14. The SMILES string of the molecule is CCC(C)COC(C)COC(C)COC(C)COC(C)C(C)C. The van der Waals surface area contributed by atoms with Gasteiger partial charge >= 0.3 is 0 Å². The van der Waals surface area contributed by atoms with Crippen LogP contribution in [0.5, 0.6) is 0 Å². The van der Waals surface area contributed by atoms with E-state index >= 15 is 0 Å². The summed E-state index contributed by atoms with van der Waals surface area (Å²) in [5, 5.41) is 0. The Kier molecular flexibility index (Phi) is 13.1. The van der Waals surface area contributed by atoms with Crippen LogP contribution in [0.4, 0.5) is 0 Å². The lowest BCUT2D eigenvalue weighted by molar-refractivity contribution is -0.0908. The zero-order valence-corrected chi connectivity index (χ0v) is 16.6. The highest BCUT2D eigenvalue weighted by Crippen LogP contribution is 2.08. The summed E-state index contributed by atoms with van der Waals surface area (Å²) in [6.07, 6.45) is 1.68. The maximum absolute atomic E-state index is 5.79. The van der Waals surface area contributed by atoms with Gasteiger partial charge in [-0.1, -0.05) is 34.1 Å². The van der Waals surface area contributed by atoms with Gasteiger partial charge in [0.15, 0.2) is 0 Å². The molecule has 0 heterocycles. The first-order valence-corrected chi connectivity index (χ1v) is 9.22. The lowest BCUT2D eigenvalue weighted by atomic mass is 10.1. The molecule has 0 aliphatic rings. The summed E-state index contributed by atoms with van der Waals surface area (Å²) in [7, 11) is 0. The first-order chi connectivity index (χ1) is 10.8. The van der Waals surface area contributed by atoms with Crippen molar-refractivity contribution in [1.29, 1.82) is 0 Å². The van der Waals surface area contributed by atoms with Gasteiger partial charge in [0.1, 0.15) is 0 Å². The van der Waals surface area contributed by atoms with Gasteiger partial charge in [-0.15, -0.1) is 0 Å². The molecule has 0 aromatic carbocycles. The van der Waals surface area contributed by atoms with E-state index in [1.54, 1.807) is 0 Å². The summed E-state index contributed by atoms with van der Waals surface area (Å²) in [6.45, 7) is 19.6. The predicted molar refractivity (Wildman–Crippen MR) is 95.9 cm³/mol. The fourth-order valence-corrected chi connectivity index (χ4v) is 1.67. The molecule has 5 unspecified atom stereocenters. The summed E-state index contributed by atoms with van der Waals surface area (Å²) in [5.41, 5.74) is 0. The molecule has 5 atom stereocenters. The van der Waals surface area contributed by atoms with Gasteiger partial charge in [0.2, 0.25) is 0 Å². The zero-order chi connectivity index (χ0) is 17.8. The molecule has 0 aliphatic carbocycles. The number of hydrogen-bond acceptors (Lipinski definition) is 4. The molecule has 0 amide bonds. The molecule has 0 N–H and O–H groups in total. The standard InChI is InChI=1S/C19H40O4/c1-9-15(4)10-20-16(5)11-21-17(6)12-22-18(7)13-23-19(8)14(2)3/h14-19H,9-13H2,1-8H3. The van der Waals surface area contributed by atoms with Crippen LogP contribution >= 0.6 is 0 Å². The van der Waals surface area contributed by atoms with Gasteiger partial charge in [-0.3, -0.25) is 0 Å².